The third-order valence-electron chi connectivity index (χ3n) is 3.49. The van der Waals surface area contributed by atoms with Gasteiger partial charge in [-0.1, -0.05) is 23.7 Å². The summed E-state index contributed by atoms with van der Waals surface area (Å²) in [5.74, 6) is 0.836. The molecule has 0 N–H and O–H groups in total. The molecule has 0 bridgehead atoms. The number of fused-ring (bicyclic) bond motifs is 1. The first-order chi connectivity index (χ1) is 11.6. The van der Waals surface area contributed by atoms with Crippen molar-refractivity contribution >= 4 is 17.6 Å². The van der Waals surface area contributed by atoms with E-state index in [0.29, 0.717) is 28.7 Å². The quantitative estimate of drug-likeness (QED) is 0.772. The average molecular weight is 349 g/mol. The number of rotatable bonds is 5. The smallest absolute Gasteiger partial charge is 0.344 e. The normalized spacial score (nSPS) is 12.9. The Bertz CT molecular complexity index is 744. The lowest BCUT2D eigenvalue weighted by Crippen LogP contribution is -2.17. The first-order valence-electron chi connectivity index (χ1n) is 7.49. The molecule has 0 atom stereocenters. The number of ether oxygens (including phenoxy) is 4. The van der Waals surface area contributed by atoms with Crippen molar-refractivity contribution in [1.82, 2.24) is 0 Å². The summed E-state index contributed by atoms with van der Waals surface area (Å²) < 4.78 is 21.4. The summed E-state index contributed by atoms with van der Waals surface area (Å²) in [5.41, 5.74) is 2.62. The zero-order chi connectivity index (χ0) is 16.9. The first-order valence-corrected chi connectivity index (χ1v) is 7.86. The van der Waals surface area contributed by atoms with Crippen LogP contribution < -0.4 is 9.47 Å². The second-order valence-electron chi connectivity index (χ2n) is 5.43. The van der Waals surface area contributed by atoms with E-state index in [1.807, 2.05) is 25.1 Å². The van der Waals surface area contributed by atoms with Crippen LogP contribution >= 0.6 is 11.6 Å². The van der Waals surface area contributed by atoms with Crippen LogP contribution in [0.5, 0.6) is 11.5 Å². The summed E-state index contributed by atoms with van der Waals surface area (Å²) >= 11 is 6.08. The van der Waals surface area contributed by atoms with Gasteiger partial charge >= 0.3 is 5.97 Å². The predicted octanol–water partition coefficient (Wildman–Crippen LogP) is 3.64. The maximum absolute atomic E-state index is 11.9. The molecule has 1 aliphatic heterocycles. The molecule has 2 aromatic rings. The summed E-state index contributed by atoms with van der Waals surface area (Å²) in [5, 5.41) is 0.546. The molecule has 5 nitrogen and oxygen atoms in total. The fourth-order valence-electron chi connectivity index (χ4n) is 2.41. The van der Waals surface area contributed by atoms with Crippen LogP contribution in [0.4, 0.5) is 0 Å². The monoisotopic (exact) mass is 348 g/mol. The van der Waals surface area contributed by atoms with Gasteiger partial charge in [-0.05, 0) is 36.8 Å². The van der Waals surface area contributed by atoms with Crippen LogP contribution in [0.15, 0.2) is 36.4 Å². The number of halogens is 1. The van der Waals surface area contributed by atoms with Gasteiger partial charge < -0.3 is 18.9 Å². The summed E-state index contributed by atoms with van der Waals surface area (Å²) in [4.78, 5) is 11.9. The van der Waals surface area contributed by atoms with Gasteiger partial charge in [0, 0.05) is 16.1 Å². The van der Waals surface area contributed by atoms with Gasteiger partial charge in [-0.25, -0.2) is 4.79 Å². The molecule has 24 heavy (non-hydrogen) atoms. The van der Waals surface area contributed by atoms with E-state index in [1.54, 1.807) is 18.2 Å². The standard InChI is InChI=1S/C18H17ClO5/c1-12-3-2-4-16(5-12)22-10-17(20)23-9-14-7-15(19)6-13-8-21-11-24-18(13)14/h2-7H,8-11H2,1H3. The molecule has 2 aromatic carbocycles. The van der Waals surface area contributed by atoms with Gasteiger partial charge in [0.15, 0.2) is 13.4 Å². The van der Waals surface area contributed by atoms with Crippen molar-refractivity contribution in [2.45, 2.75) is 20.1 Å². The highest BCUT2D eigenvalue weighted by Crippen LogP contribution is 2.32. The molecule has 3 rings (SSSR count). The maximum Gasteiger partial charge on any atom is 0.344 e. The fourth-order valence-corrected chi connectivity index (χ4v) is 2.67. The summed E-state index contributed by atoms with van der Waals surface area (Å²) in [6.45, 7) is 2.46. The number of hydrogen-bond acceptors (Lipinski definition) is 5. The first kappa shape index (κ1) is 16.6. The summed E-state index contributed by atoms with van der Waals surface area (Å²) in [6.07, 6.45) is 0. The van der Waals surface area contributed by atoms with E-state index in [9.17, 15) is 4.79 Å². The largest absolute Gasteiger partial charge is 0.482 e. The third kappa shape index (κ3) is 4.19. The lowest BCUT2D eigenvalue weighted by Gasteiger charge is -2.21. The number of carbonyl (C=O) groups is 1. The van der Waals surface area contributed by atoms with E-state index < -0.39 is 5.97 Å². The number of esters is 1. The SMILES string of the molecule is Cc1cccc(OCC(=O)OCc2cc(Cl)cc3c2OCOC3)c1. The second-order valence-corrected chi connectivity index (χ2v) is 5.87. The van der Waals surface area contributed by atoms with Crippen molar-refractivity contribution in [3.8, 4) is 11.5 Å². The van der Waals surface area contributed by atoms with E-state index in [2.05, 4.69) is 0 Å². The Morgan fingerprint density at radius 2 is 2.17 bits per heavy atom. The van der Waals surface area contributed by atoms with Crippen molar-refractivity contribution < 1.29 is 23.7 Å². The van der Waals surface area contributed by atoms with Gasteiger partial charge in [-0.15, -0.1) is 0 Å². The van der Waals surface area contributed by atoms with Crippen LogP contribution in [0, 0.1) is 6.92 Å². The second kappa shape index (κ2) is 7.55. The molecule has 0 aliphatic carbocycles. The van der Waals surface area contributed by atoms with Gasteiger partial charge in [-0.3, -0.25) is 0 Å². The van der Waals surface area contributed by atoms with E-state index in [-0.39, 0.29) is 20.0 Å². The van der Waals surface area contributed by atoms with Crippen LogP contribution in [0.2, 0.25) is 5.02 Å². The molecule has 0 spiro atoms. The topological polar surface area (TPSA) is 54.0 Å². The molecule has 0 aromatic heterocycles. The van der Waals surface area contributed by atoms with Gasteiger partial charge in [-0.2, -0.15) is 0 Å². The van der Waals surface area contributed by atoms with E-state index in [1.165, 1.54) is 0 Å². The van der Waals surface area contributed by atoms with Crippen LogP contribution in [0.3, 0.4) is 0 Å². The Morgan fingerprint density at radius 1 is 1.29 bits per heavy atom. The molecular weight excluding hydrogens is 332 g/mol. The summed E-state index contributed by atoms with van der Waals surface area (Å²) in [6, 6.07) is 11.0. The van der Waals surface area contributed by atoms with Crippen LogP contribution in [-0.2, 0) is 27.5 Å². The molecule has 1 heterocycles. The van der Waals surface area contributed by atoms with Crippen LogP contribution in [-0.4, -0.2) is 19.4 Å². The minimum Gasteiger partial charge on any atom is -0.482 e. The van der Waals surface area contributed by atoms with E-state index in [4.69, 9.17) is 30.5 Å². The lowest BCUT2D eigenvalue weighted by molar-refractivity contribution is -0.147. The Hall–Kier alpha value is -2.24. The Morgan fingerprint density at radius 3 is 3.00 bits per heavy atom. The average Bonchev–Trinajstić information content (AvgIpc) is 2.57. The van der Waals surface area contributed by atoms with Gasteiger partial charge in [0.2, 0.25) is 0 Å². The number of benzene rings is 2. The zero-order valence-electron chi connectivity index (χ0n) is 13.2. The molecule has 0 amide bonds. The number of aryl methyl sites for hydroxylation is 1. The van der Waals surface area contributed by atoms with Crippen molar-refractivity contribution in [2.24, 2.45) is 0 Å². The number of hydrogen-bond donors (Lipinski definition) is 0. The minimum atomic E-state index is -0.461. The Balaban J connectivity index is 1.57. The Kier molecular flexibility index (Phi) is 5.23. The molecule has 0 saturated carbocycles. The highest BCUT2D eigenvalue weighted by atomic mass is 35.5. The third-order valence-corrected chi connectivity index (χ3v) is 3.70. The predicted molar refractivity (Wildman–Crippen MR) is 88.2 cm³/mol. The molecule has 0 saturated heterocycles. The molecule has 126 valence electrons. The molecule has 0 fully saturated rings. The highest BCUT2D eigenvalue weighted by molar-refractivity contribution is 6.30. The highest BCUT2D eigenvalue weighted by Gasteiger charge is 2.17. The van der Waals surface area contributed by atoms with E-state index in [0.717, 1.165) is 11.1 Å². The Labute approximate surface area is 145 Å². The summed E-state index contributed by atoms with van der Waals surface area (Å²) in [7, 11) is 0. The minimum absolute atomic E-state index is 0.0684. The zero-order valence-corrected chi connectivity index (χ0v) is 14.0. The van der Waals surface area contributed by atoms with Crippen molar-refractivity contribution in [2.75, 3.05) is 13.4 Å². The molecular formula is C18H17ClO5. The van der Waals surface area contributed by atoms with Crippen LogP contribution in [0.25, 0.3) is 0 Å². The van der Waals surface area contributed by atoms with Gasteiger partial charge in [0.25, 0.3) is 0 Å². The number of carbonyl (C=O) groups excluding carboxylic acids is 1. The van der Waals surface area contributed by atoms with Crippen molar-refractivity contribution in [1.29, 1.82) is 0 Å². The van der Waals surface area contributed by atoms with Crippen molar-refractivity contribution in [3.63, 3.8) is 0 Å². The fraction of sp³-hybridized carbons (Fsp3) is 0.278. The molecule has 1 aliphatic rings. The van der Waals surface area contributed by atoms with Gasteiger partial charge in [0.1, 0.15) is 18.1 Å². The maximum atomic E-state index is 11.9. The van der Waals surface area contributed by atoms with E-state index >= 15 is 0 Å². The van der Waals surface area contributed by atoms with Gasteiger partial charge in [0.05, 0.1) is 6.61 Å². The van der Waals surface area contributed by atoms with Crippen molar-refractivity contribution in [3.05, 3.63) is 58.1 Å². The lowest BCUT2D eigenvalue weighted by atomic mass is 10.1. The molecule has 6 heteroatoms. The molecule has 0 unspecified atom stereocenters. The van der Waals surface area contributed by atoms with Crippen LogP contribution in [0.1, 0.15) is 16.7 Å². The molecule has 0 radical (unpaired) electrons.